The van der Waals surface area contributed by atoms with Crippen molar-refractivity contribution in [1.82, 2.24) is 0 Å². The van der Waals surface area contributed by atoms with E-state index < -0.39 is 11.8 Å². The smallest absolute Gasteiger partial charge is 0.240 e. The van der Waals surface area contributed by atoms with Gasteiger partial charge < -0.3 is 14.2 Å². The molecule has 0 aliphatic carbocycles. The van der Waals surface area contributed by atoms with Gasteiger partial charge in [0.1, 0.15) is 0 Å². The number of benzene rings is 1. The number of ether oxygens (including phenoxy) is 3. The monoisotopic (exact) mass is 285 g/mol. The van der Waals surface area contributed by atoms with Crippen molar-refractivity contribution >= 4 is 17.5 Å². The van der Waals surface area contributed by atoms with Crippen LogP contribution in [0.25, 0.3) is 0 Å². The molecule has 4 aliphatic heterocycles. The lowest BCUT2D eigenvalue weighted by atomic mass is 9.85. The molecule has 1 aromatic rings. The summed E-state index contributed by atoms with van der Waals surface area (Å²) in [7, 11) is 0. The van der Waals surface area contributed by atoms with E-state index in [1.807, 2.05) is 12.2 Å². The van der Waals surface area contributed by atoms with Gasteiger partial charge >= 0.3 is 0 Å². The molecular formula is C15H11NO5. The molecule has 0 unspecified atom stereocenters. The third-order valence-corrected chi connectivity index (χ3v) is 4.52. The molecule has 4 atom stereocenters. The summed E-state index contributed by atoms with van der Waals surface area (Å²) < 4.78 is 16.2. The van der Waals surface area contributed by atoms with Gasteiger partial charge in [0.05, 0.1) is 29.7 Å². The zero-order valence-electron chi connectivity index (χ0n) is 10.9. The van der Waals surface area contributed by atoms with E-state index in [9.17, 15) is 9.59 Å². The van der Waals surface area contributed by atoms with E-state index in [0.29, 0.717) is 17.2 Å². The summed E-state index contributed by atoms with van der Waals surface area (Å²) in [5.74, 6) is 0.0166. The molecular weight excluding hydrogens is 274 g/mol. The van der Waals surface area contributed by atoms with Crippen molar-refractivity contribution < 1.29 is 23.8 Å². The van der Waals surface area contributed by atoms with Gasteiger partial charge in [-0.2, -0.15) is 0 Å². The van der Waals surface area contributed by atoms with Gasteiger partial charge in [-0.1, -0.05) is 12.2 Å². The highest BCUT2D eigenvalue weighted by atomic mass is 16.7. The van der Waals surface area contributed by atoms with Gasteiger partial charge in [-0.05, 0) is 12.1 Å². The van der Waals surface area contributed by atoms with Crippen LogP contribution in [0.3, 0.4) is 0 Å². The van der Waals surface area contributed by atoms with Crippen LogP contribution < -0.4 is 14.4 Å². The molecule has 4 heterocycles. The average molecular weight is 285 g/mol. The number of fused-ring (bicyclic) bond motifs is 6. The molecule has 2 bridgehead atoms. The Morgan fingerprint density at radius 2 is 1.62 bits per heavy atom. The SMILES string of the molecule is O=C1[C@@H]2[C@H](C(=O)N1c1ccc3c(c1)OCO3)[C@H]1C=C[C@H]2O1. The molecule has 2 fully saturated rings. The maximum Gasteiger partial charge on any atom is 0.240 e. The Balaban J connectivity index is 1.56. The van der Waals surface area contributed by atoms with E-state index in [0.717, 1.165) is 0 Å². The quantitative estimate of drug-likeness (QED) is 0.565. The van der Waals surface area contributed by atoms with E-state index in [1.165, 1.54) is 4.90 Å². The zero-order chi connectivity index (χ0) is 14.1. The molecule has 1 aromatic carbocycles. The topological polar surface area (TPSA) is 65.1 Å². The second-order valence-electron chi connectivity index (χ2n) is 5.55. The fraction of sp³-hybridized carbons (Fsp3) is 0.333. The summed E-state index contributed by atoms with van der Waals surface area (Å²) in [6.45, 7) is 0.161. The van der Waals surface area contributed by atoms with Gasteiger partial charge in [-0.3, -0.25) is 9.59 Å². The number of hydrogen-bond acceptors (Lipinski definition) is 5. The first-order valence-electron chi connectivity index (χ1n) is 6.85. The molecule has 0 spiro atoms. The van der Waals surface area contributed by atoms with Crippen molar-refractivity contribution in [3.05, 3.63) is 30.4 Å². The number of nitrogens with zero attached hydrogens (tertiary/aromatic N) is 1. The highest BCUT2D eigenvalue weighted by Gasteiger charge is 2.61. The summed E-state index contributed by atoms with van der Waals surface area (Å²) in [6, 6.07) is 5.10. The van der Waals surface area contributed by atoms with E-state index in [2.05, 4.69) is 0 Å². The van der Waals surface area contributed by atoms with Crippen molar-refractivity contribution in [2.24, 2.45) is 11.8 Å². The number of imide groups is 1. The Hall–Kier alpha value is -2.34. The number of rotatable bonds is 1. The van der Waals surface area contributed by atoms with Crippen LogP contribution in [0.15, 0.2) is 30.4 Å². The Bertz CT molecular complexity index is 682. The van der Waals surface area contributed by atoms with Gasteiger partial charge in [0, 0.05) is 6.07 Å². The summed E-state index contributed by atoms with van der Waals surface area (Å²) in [5.41, 5.74) is 0.531. The summed E-state index contributed by atoms with van der Waals surface area (Å²) in [6.07, 6.45) is 3.21. The van der Waals surface area contributed by atoms with Crippen molar-refractivity contribution in [3.8, 4) is 11.5 Å². The van der Waals surface area contributed by atoms with Gasteiger partial charge in [0.2, 0.25) is 18.6 Å². The Morgan fingerprint density at radius 1 is 0.952 bits per heavy atom. The van der Waals surface area contributed by atoms with Gasteiger partial charge in [-0.15, -0.1) is 0 Å². The fourth-order valence-corrected chi connectivity index (χ4v) is 3.58. The molecule has 6 nitrogen and oxygen atoms in total. The molecule has 5 rings (SSSR count). The lowest BCUT2D eigenvalue weighted by molar-refractivity contribution is -0.124. The van der Waals surface area contributed by atoms with Crippen LogP contribution in [-0.4, -0.2) is 30.8 Å². The van der Waals surface area contributed by atoms with Crippen molar-refractivity contribution in [3.63, 3.8) is 0 Å². The minimum Gasteiger partial charge on any atom is -0.454 e. The highest BCUT2D eigenvalue weighted by Crippen LogP contribution is 2.47. The van der Waals surface area contributed by atoms with Crippen molar-refractivity contribution in [2.45, 2.75) is 12.2 Å². The number of hydrogen-bond donors (Lipinski definition) is 0. The summed E-state index contributed by atoms with van der Waals surface area (Å²) in [4.78, 5) is 26.5. The molecule has 0 N–H and O–H groups in total. The third kappa shape index (κ3) is 1.30. The minimum atomic E-state index is -0.391. The van der Waals surface area contributed by atoms with E-state index in [1.54, 1.807) is 18.2 Å². The van der Waals surface area contributed by atoms with Gasteiger partial charge in [0.25, 0.3) is 0 Å². The number of amides is 2. The van der Waals surface area contributed by atoms with Crippen LogP contribution >= 0.6 is 0 Å². The standard InChI is InChI=1S/C15H11NO5/c17-14-12-9-3-4-10(21-9)13(12)15(18)16(14)7-1-2-8-11(5-7)20-6-19-8/h1-5,9-10,12-13H,6H2/t9-,10-,12-,13+/m1/s1. The predicted octanol–water partition coefficient (Wildman–Crippen LogP) is 0.858. The van der Waals surface area contributed by atoms with Gasteiger partial charge in [0.15, 0.2) is 11.5 Å². The predicted molar refractivity (Wildman–Crippen MR) is 69.8 cm³/mol. The third-order valence-electron chi connectivity index (χ3n) is 4.52. The molecule has 106 valence electrons. The Kier molecular flexibility index (Phi) is 1.97. The lowest BCUT2D eigenvalue weighted by Gasteiger charge is -2.17. The molecule has 2 saturated heterocycles. The van der Waals surface area contributed by atoms with E-state index in [4.69, 9.17) is 14.2 Å². The fourth-order valence-electron chi connectivity index (χ4n) is 3.58. The van der Waals surface area contributed by atoms with Crippen molar-refractivity contribution in [1.29, 1.82) is 0 Å². The second kappa shape index (κ2) is 3.65. The second-order valence-corrected chi connectivity index (χ2v) is 5.55. The molecule has 0 aromatic heterocycles. The molecule has 6 heteroatoms. The molecule has 2 amide bonds. The molecule has 0 saturated carbocycles. The van der Waals surface area contributed by atoms with Crippen LogP contribution in [0.1, 0.15) is 0 Å². The van der Waals surface area contributed by atoms with Crippen LogP contribution in [0, 0.1) is 11.8 Å². The minimum absolute atomic E-state index is 0.161. The first kappa shape index (κ1) is 11.3. The molecule has 21 heavy (non-hydrogen) atoms. The normalized spacial score (nSPS) is 35.0. The Labute approximate surface area is 119 Å². The zero-order valence-corrected chi connectivity index (χ0v) is 10.9. The lowest BCUT2D eigenvalue weighted by Crippen LogP contribution is -2.34. The molecule has 4 aliphatic rings. The van der Waals surface area contributed by atoms with E-state index in [-0.39, 0.29) is 30.8 Å². The maximum absolute atomic E-state index is 12.6. The molecule has 0 radical (unpaired) electrons. The number of carbonyl (C=O) groups is 2. The van der Waals surface area contributed by atoms with Crippen LogP contribution in [-0.2, 0) is 14.3 Å². The van der Waals surface area contributed by atoms with E-state index >= 15 is 0 Å². The average Bonchev–Trinajstić information content (AvgIpc) is 3.22. The maximum atomic E-state index is 12.6. The summed E-state index contributed by atoms with van der Waals surface area (Å²) >= 11 is 0. The number of anilines is 1. The van der Waals surface area contributed by atoms with Gasteiger partial charge in [-0.25, -0.2) is 4.90 Å². The Morgan fingerprint density at radius 3 is 2.33 bits per heavy atom. The van der Waals surface area contributed by atoms with Crippen LogP contribution in [0.2, 0.25) is 0 Å². The van der Waals surface area contributed by atoms with Crippen molar-refractivity contribution in [2.75, 3.05) is 11.7 Å². The largest absolute Gasteiger partial charge is 0.454 e. The first-order valence-corrected chi connectivity index (χ1v) is 6.85. The summed E-state index contributed by atoms with van der Waals surface area (Å²) in [5, 5.41) is 0. The van der Waals surface area contributed by atoms with Crippen LogP contribution in [0.5, 0.6) is 11.5 Å². The highest BCUT2D eigenvalue weighted by molar-refractivity contribution is 6.23. The first-order chi connectivity index (χ1) is 10.2. The van der Waals surface area contributed by atoms with Crippen LogP contribution in [0.4, 0.5) is 5.69 Å². The number of carbonyl (C=O) groups excluding carboxylic acids is 2.